The molecule has 0 bridgehead atoms. The summed E-state index contributed by atoms with van der Waals surface area (Å²) in [6, 6.07) is 15.9. The topological polar surface area (TPSA) is 107 Å². The molecule has 2 atom stereocenters. The molecule has 3 aromatic rings. The van der Waals surface area contributed by atoms with Crippen LogP contribution in [0.1, 0.15) is 56.8 Å². The van der Waals surface area contributed by atoms with Gasteiger partial charge in [0.15, 0.2) is 0 Å². The summed E-state index contributed by atoms with van der Waals surface area (Å²) < 4.78 is 0. The van der Waals surface area contributed by atoms with Crippen molar-refractivity contribution in [3.05, 3.63) is 94.5 Å². The van der Waals surface area contributed by atoms with Crippen molar-refractivity contribution >= 4 is 29.3 Å². The van der Waals surface area contributed by atoms with Crippen LogP contribution in [-0.4, -0.2) is 51.6 Å². The van der Waals surface area contributed by atoms with Crippen molar-refractivity contribution in [3.8, 4) is 5.75 Å². The van der Waals surface area contributed by atoms with Crippen LogP contribution in [-0.2, 0) is 9.59 Å². The molecule has 2 N–H and O–H groups in total. The van der Waals surface area contributed by atoms with Crippen molar-refractivity contribution in [1.82, 2.24) is 9.80 Å². The largest absolute Gasteiger partial charge is 0.508 e. The fourth-order valence-electron chi connectivity index (χ4n) is 4.73. The van der Waals surface area contributed by atoms with Crippen molar-refractivity contribution < 1.29 is 24.3 Å². The number of rotatable bonds is 7. The molecule has 8 nitrogen and oxygen atoms in total. The average Bonchev–Trinajstić information content (AvgIpc) is 3.13. The van der Waals surface area contributed by atoms with E-state index in [-0.39, 0.29) is 23.3 Å². The Morgan fingerprint density at radius 3 is 1.95 bits per heavy atom. The highest BCUT2D eigenvalue weighted by molar-refractivity contribution is 6.23. The van der Waals surface area contributed by atoms with E-state index in [9.17, 15) is 24.3 Å². The van der Waals surface area contributed by atoms with Gasteiger partial charge in [-0.25, -0.2) is 0 Å². The number of aromatic hydroxyl groups is 1. The number of phenols is 1. The summed E-state index contributed by atoms with van der Waals surface area (Å²) in [6.07, 6.45) is 0.176. The standard InChI is InChI=1S/C29H29N3O5/c1-5-23(32-27(35)21-11-6-7-12-22(21)28(32)36)29(37)31(4)25(19-13-15-20(33)16-14-19)26(34)30-24-17(2)9-8-10-18(24)3/h6-16,23,25,33H,5H2,1-4H3,(H,30,34). The van der Waals surface area contributed by atoms with Crippen molar-refractivity contribution in [1.29, 1.82) is 0 Å². The average molecular weight is 500 g/mol. The van der Waals surface area contributed by atoms with Crippen LogP contribution >= 0.6 is 0 Å². The number of carbonyl (C=O) groups is 4. The summed E-state index contributed by atoms with van der Waals surface area (Å²) >= 11 is 0. The lowest BCUT2D eigenvalue weighted by atomic mass is 10.0. The maximum absolute atomic E-state index is 13.8. The third-order valence-electron chi connectivity index (χ3n) is 6.73. The lowest BCUT2D eigenvalue weighted by molar-refractivity contribution is -0.140. The Morgan fingerprint density at radius 1 is 0.892 bits per heavy atom. The first-order valence-electron chi connectivity index (χ1n) is 12.0. The van der Waals surface area contributed by atoms with E-state index in [1.807, 2.05) is 32.0 Å². The first-order valence-corrected chi connectivity index (χ1v) is 12.0. The number of amides is 4. The minimum Gasteiger partial charge on any atom is -0.508 e. The maximum Gasteiger partial charge on any atom is 0.262 e. The quantitative estimate of drug-likeness (QED) is 0.474. The summed E-state index contributed by atoms with van der Waals surface area (Å²) in [6.45, 7) is 5.47. The number of anilines is 1. The number of imide groups is 1. The molecular formula is C29H29N3O5. The number of nitrogens with one attached hydrogen (secondary N) is 1. The minimum atomic E-state index is -1.09. The van der Waals surface area contributed by atoms with Gasteiger partial charge >= 0.3 is 0 Å². The first kappa shape index (κ1) is 25.6. The lowest BCUT2D eigenvalue weighted by Gasteiger charge is -2.33. The maximum atomic E-state index is 13.8. The molecule has 1 aliphatic heterocycles. The van der Waals surface area contributed by atoms with Crippen LogP contribution in [0.15, 0.2) is 66.7 Å². The van der Waals surface area contributed by atoms with E-state index in [4.69, 9.17) is 0 Å². The number of hydrogen-bond acceptors (Lipinski definition) is 5. The molecule has 0 aliphatic carbocycles. The van der Waals surface area contributed by atoms with Crippen LogP contribution in [0.4, 0.5) is 5.69 Å². The van der Waals surface area contributed by atoms with Crippen LogP contribution in [0.25, 0.3) is 0 Å². The molecule has 1 aliphatic rings. The Kier molecular flexibility index (Phi) is 7.11. The Hall–Kier alpha value is -4.46. The number of nitrogens with zero attached hydrogens (tertiary/aromatic N) is 2. The molecule has 4 rings (SSSR count). The molecule has 0 aromatic heterocycles. The van der Waals surface area contributed by atoms with Crippen LogP contribution in [0.5, 0.6) is 5.75 Å². The molecule has 0 fully saturated rings. The molecule has 3 aromatic carbocycles. The van der Waals surface area contributed by atoms with E-state index in [0.29, 0.717) is 11.3 Å². The zero-order valence-corrected chi connectivity index (χ0v) is 21.2. The van der Waals surface area contributed by atoms with Gasteiger partial charge in [0, 0.05) is 12.7 Å². The van der Waals surface area contributed by atoms with Gasteiger partial charge in [-0.3, -0.25) is 24.1 Å². The second-order valence-electron chi connectivity index (χ2n) is 9.15. The number of fused-ring (bicyclic) bond motifs is 1. The molecule has 0 saturated heterocycles. The number of hydrogen-bond donors (Lipinski definition) is 2. The highest BCUT2D eigenvalue weighted by atomic mass is 16.3. The van der Waals surface area contributed by atoms with Gasteiger partial charge in [-0.1, -0.05) is 49.4 Å². The van der Waals surface area contributed by atoms with Gasteiger partial charge in [0.05, 0.1) is 11.1 Å². The Bertz CT molecular complexity index is 1330. The van der Waals surface area contributed by atoms with Gasteiger partial charge in [0.25, 0.3) is 17.7 Å². The van der Waals surface area contributed by atoms with Gasteiger partial charge in [-0.15, -0.1) is 0 Å². The van der Waals surface area contributed by atoms with E-state index in [1.165, 1.54) is 24.1 Å². The van der Waals surface area contributed by atoms with Crippen LogP contribution in [0.3, 0.4) is 0 Å². The first-order chi connectivity index (χ1) is 17.6. The molecule has 1 heterocycles. The van der Waals surface area contributed by atoms with Gasteiger partial charge in [0.1, 0.15) is 17.8 Å². The fraction of sp³-hybridized carbons (Fsp3) is 0.241. The number of phenolic OH excluding ortho intramolecular Hbond substituents is 1. The summed E-state index contributed by atoms with van der Waals surface area (Å²) in [4.78, 5) is 55.9. The molecular weight excluding hydrogens is 470 g/mol. The van der Waals surface area contributed by atoms with Crippen molar-refractivity contribution in [3.63, 3.8) is 0 Å². The Morgan fingerprint density at radius 2 is 1.43 bits per heavy atom. The monoisotopic (exact) mass is 499 g/mol. The van der Waals surface area contributed by atoms with Crippen LogP contribution < -0.4 is 5.32 Å². The van der Waals surface area contributed by atoms with E-state index in [2.05, 4.69) is 5.32 Å². The number of para-hydroxylation sites is 1. The molecule has 0 spiro atoms. The predicted octanol–water partition coefficient (Wildman–Crippen LogP) is 4.22. The minimum absolute atomic E-state index is 0.0177. The van der Waals surface area contributed by atoms with Gasteiger partial charge in [-0.2, -0.15) is 0 Å². The molecule has 8 heteroatoms. The molecule has 37 heavy (non-hydrogen) atoms. The Balaban J connectivity index is 1.69. The zero-order valence-electron chi connectivity index (χ0n) is 21.2. The Labute approximate surface area is 215 Å². The van der Waals surface area contributed by atoms with Crippen LogP contribution in [0, 0.1) is 13.8 Å². The summed E-state index contributed by atoms with van der Waals surface area (Å²) in [5, 5.41) is 12.7. The van der Waals surface area contributed by atoms with E-state index in [0.717, 1.165) is 16.0 Å². The van der Waals surface area contributed by atoms with Crippen molar-refractivity contribution in [2.24, 2.45) is 0 Å². The number of aryl methyl sites for hydroxylation is 2. The zero-order chi connectivity index (χ0) is 26.9. The van der Waals surface area contributed by atoms with Gasteiger partial charge in [-0.05, 0) is 61.2 Å². The lowest BCUT2D eigenvalue weighted by Crippen LogP contribution is -2.51. The molecule has 0 saturated carbocycles. The molecule has 4 amide bonds. The SMILES string of the molecule is CCC(C(=O)N(C)C(C(=O)Nc1c(C)cccc1C)c1ccc(O)cc1)N1C(=O)c2ccccc2C1=O. The number of likely N-dealkylation sites (N-methyl/N-ethyl adjacent to an activating group) is 1. The van der Waals surface area contributed by atoms with E-state index in [1.54, 1.807) is 43.3 Å². The summed E-state index contributed by atoms with van der Waals surface area (Å²) in [5.41, 5.74) is 3.35. The fourth-order valence-corrected chi connectivity index (χ4v) is 4.73. The van der Waals surface area contributed by atoms with E-state index < -0.39 is 35.7 Å². The smallest absolute Gasteiger partial charge is 0.262 e. The molecule has 2 unspecified atom stereocenters. The van der Waals surface area contributed by atoms with Gasteiger partial charge < -0.3 is 15.3 Å². The summed E-state index contributed by atoms with van der Waals surface area (Å²) in [5.74, 6) is -2.06. The van der Waals surface area contributed by atoms with Gasteiger partial charge in [0.2, 0.25) is 5.91 Å². The highest BCUT2D eigenvalue weighted by Gasteiger charge is 2.44. The number of benzene rings is 3. The summed E-state index contributed by atoms with van der Waals surface area (Å²) in [7, 11) is 1.48. The highest BCUT2D eigenvalue weighted by Crippen LogP contribution is 2.30. The predicted molar refractivity (Wildman–Crippen MR) is 139 cm³/mol. The van der Waals surface area contributed by atoms with E-state index >= 15 is 0 Å². The third-order valence-corrected chi connectivity index (χ3v) is 6.73. The van der Waals surface area contributed by atoms with Crippen LogP contribution in [0.2, 0.25) is 0 Å². The second kappa shape index (κ2) is 10.3. The second-order valence-corrected chi connectivity index (χ2v) is 9.15. The molecule has 0 radical (unpaired) electrons. The third kappa shape index (κ3) is 4.70. The normalized spacial score (nSPS) is 14.2. The van der Waals surface area contributed by atoms with Crippen molar-refractivity contribution in [2.45, 2.75) is 39.3 Å². The number of carbonyl (C=O) groups excluding carboxylic acids is 4. The van der Waals surface area contributed by atoms with Crippen molar-refractivity contribution in [2.75, 3.05) is 12.4 Å². The molecule has 190 valence electrons.